The predicted octanol–water partition coefficient (Wildman–Crippen LogP) is 2.44. The summed E-state index contributed by atoms with van der Waals surface area (Å²) in [4.78, 5) is 21.0. The smallest absolute Gasteiger partial charge is 0.338 e. The van der Waals surface area contributed by atoms with Crippen molar-refractivity contribution in [2.45, 2.75) is 35.3 Å². The quantitative estimate of drug-likeness (QED) is 0.312. The molecule has 1 aliphatic heterocycles. The lowest BCUT2D eigenvalue weighted by Gasteiger charge is -2.39. The van der Waals surface area contributed by atoms with Gasteiger partial charge in [-0.15, -0.1) is 6.58 Å². The van der Waals surface area contributed by atoms with Crippen molar-refractivity contribution in [2.24, 2.45) is 5.73 Å². The maximum Gasteiger partial charge on any atom is 0.338 e. The molecule has 3 rings (SSSR count). The normalized spacial score (nSPS) is 24.5. The number of rotatable bonds is 8. The van der Waals surface area contributed by atoms with Gasteiger partial charge in [-0.3, -0.25) is 0 Å². The molecule has 1 fully saturated rings. The Hall–Kier alpha value is -2.26. The van der Waals surface area contributed by atoms with Crippen molar-refractivity contribution in [3.63, 3.8) is 0 Å². The van der Waals surface area contributed by atoms with Crippen LogP contribution in [0.15, 0.2) is 66.6 Å². The summed E-state index contributed by atoms with van der Waals surface area (Å²) in [7, 11) is 0. The van der Waals surface area contributed by atoms with Crippen molar-refractivity contribution in [3.05, 3.63) is 67.0 Å². The van der Waals surface area contributed by atoms with Crippen LogP contribution in [0, 0.1) is 0 Å². The standard InChI is InChI=1S/C20H23N3O4S/c1-2-11-25-13-15-12-16(21)17(27-18(24)14-7-4-3-5-8-14)19(26-15)28-20-22-9-6-10-23-20/h2-10,15-17,19H,1,11-13,21H2/t15-,16?,17+,19?/m0/s1. The van der Waals surface area contributed by atoms with Crippen LogP contribution in [0.3, 0.4) is 0 Å². The van der Waals surface area contributed by atoms with E-state index in [1.807, 2.05) is 6.07 Å². The minimum atomic E-state index is -0.642. The third kappa shape index (κ3) is 5.62. The van der Waals surface area contributed by atoms with E-state index in [0.717, 1.165) is 0 Å². The summed E-state index contributed by atoms with van der Waals surface area (Å²) in [5.41, 5.74) is 6.28. The number of hydrogen-bond acceptors (Lipinski definition) is 8. The van der Waals surface area contributed by atoms with E-state index in [1.54, 1.807) is 48.8 Å². The molecule has 0 spiro atoms. The number of hydrogen-bond donors (Lipinski definition) is 1. The molecule has 2 unspecified atom stereocenters. The van der Waals surface area contributed by atoms with Gasteiger partial charge in [-0.1, -0.05) is 36.0 Å². The monoisotopic (exact) mass is 401 g/mol. The lowest BCUT2D eigenvalue weighted by atomic mass is 10.0. The Kier molecular flexibility index (Phi) is 7.55. The Balaban J connectivity index is 1.73. The lowest BCUT2D eigenvalue weighted by molar-refractivity contribution is -0.112. The molecule has 4 atom stereocenters. The molecule has 2 N–H and O–H groups in total. The zero-order valence-electron chi connectivity index (χ0n) is 15.3. The summed E-state index contributed by atoms with van der Waals surface area (Å²) in [6.07, 6.45) is 4.62. The van der Waals surface area contributed by atoms with E-state index in [4.69, 9.17) is 19.9 Å². The molecular formula is C20H23N3O4S. The lowest BCUT2D eigenvalue weighted by Crippen LogP contribution is -2.54. The topological polar surface area (TPSA) is 96.6 Å². The van der Waals surface area contributed by atoms with Crippen LogP contribution in [-0.4, -0.2) is 52.8 Å². The molecule has 7 nitrogen and oxygen atoms in total. The Bertz CT molecular complexity index is 763. The first-order valence-corrected chi connectivity index (χ1v) is 9.84. The molecule has 148 valence electrons. The number of ether oxygens (including phenoxy) is 3. The fraction of sp³-hybridized carbons (Fsp3) is 0.350. The number of thioether (sulfide) groups is 1. The van der Waals surface area contributed by atoms with Crippen molar-refractivity contribution in [1.82, 2.24) is 9.97 Å². The number of benzene rings is 1. The van der Waals surface area contributed by atoms with Crippen LogP contribution in [0.25, 0.3) is 0 Å². The summed E-state index contributed by atoms with van der Waals surface area (Å²) in [5, 5.41) is 0.521. The third-order valence-electron chi connectivity index (χ3n) is 4.11. The maximum atomic E-state index is 12.5. The average Bonchev–Trinajstić information content (AvgIpc) is 2.72. The Morgan fingerprint density at radius 3 is 2.75 bits per heavy atom. The molecule has 1 aromatic carbocycles. The van der Waals surface area contributed by atoms with Crippen LogP contribution in [0.2, 0.25) is 0 Å². The Morgan fingerprint density at radius 1 is 1.29 bits per heavy atom. The molecule has 1 saturated heterocycles. The molecule has 1 aliphatic rings. The molecule has 2 aromatic rings. The van der Waals surface area contributed by atoms with E-state index in [0.29, 0.717) is 30.4 Å². The Labute approximate surface area is 168 Å². The molecule has 0 amide bonds. The van der Waals surface area contributed by atoms with Crippen LogP contribution in [-0.2, 0) is 14.2 Å². The van der Waals surface area contributed by atoms with Gasteiger partial charge in [-0.25, -0.2) is 14.8 Å². The fourth-order valence-corrected chi connectivity index (χ4v) is 3.86. The van der Waals surface area contributed by atoms with Crippen molar-refractivity contribution in [3.8, 4) is 0 Å². The molecule has 1 aromatic heterocycles. The highest BCUT2D eigenvalue weighted by Crippen LogP contribution is 2.33. The van der Waals surface area contributed by atoms with E-state index < -0.39 is 23.6 Å². The SMILES string of the molecule is C=CCOC[C@@H]1CC(N)[C@@H](OC(=O)c2ccccc2)C(Sc2ncccn2)O1. The first-order valence-electron chi connectivity index (χ1n) is 8.96. The van der Waals surface area contributed by atoms with Crippen LogP contribution in [0.4, 0.5) is 0 Å². The number of carbonyl (C=O) groups excluding carboxylic acids is 1. The number of aromatic nitrogens is 2. The third-order valence-corrected chi connectivity index (χ3v) is 5.14. The summed E-state index contributed by atoms with van der Waals surface area (Å²) in [6.45, 7) is 4.45. The van der Waals surface area contributed by atoms with Crippen molar-refractivity contribution in [1.29, 1.82) is 0 Å². The number of carbonyl (C=O) groups is 1. The molecule has 0 saturated carbocycles. The molecule has 28 heavy (non-hydrogen) atoms. The predicted molar refractivity (Wildman–Crippen MR) is 106 cm³/mol. The number of esters is 1. The van der Waals surface area contributed by atoms with E-state index in [2.05, 4.69) is 16.5 Å². The highest BCUT2D eigenvalue weighted by molar-refractivity contribution is 7.99. The summed E-state index contributed by atoms with van der Waals surface area (Å²) >= 11 is 1.28. The zero-order chi connectivity index (χ0) is 19.8. The van der Waals surface area contributed by atoms with Crippen LogP contribution >= 0.6 is 11.8 Å². The van der Waals surface area contributed by atoms with Gasteiger partial charge in [0.25, 0.3) is 0 Å². The molecule has 0 aliphatic carbocycles. The van der Waals surface area contributed by atoms with Gasteiger partial charge < -0.3 is 19.9 Å². The van der Waals surface area contributed by atoms with E-state index >= 15 is 0 Å². The van der Waals surface area contributed by atoms with Gasteiger partial charge in [-0.05, 0) is 24.6 Å². The largest absolute Gasteiger partial charge is 0.453 e. The highest BCUT2D eigenvalue weighted by atomic mass is 32.2. The van der Waals surface area contributed by atoms with Crippen LogP contribution in [0.5, 0.6) is 0 Å². The molecule has 2 heterocycles. The van der Waals surface area contributed by atoms with Crippen molar-refractivity contribution in [2.75, 3.05) is 13.2 Å². The van der Waals surface area contributed by atoms with Crippen molar-refractivity contribution < 1.29 is 19.0 Å². The van der Waals surface area contributed by atoms with Gasteiger partial charge in [0.2, 0.25) is 0 Å². The van der Waals surface area contributed by atoms with Crippen molar-refractivity contribution >= 4 is 17.7 Å². The molecular weight excluding hydrogens is 378 g/mol. The number of nitrogens with zero attached hydrogens (tertiary/aromatic N) is 2. The average molecular weight is 401 g/mol. The van der Waals surface area contributed by atoms with Gasteiger partial charge in [0.15, 0.2) is 11.3 Å². The first-order chi connectivity index (χ1) is 13.7. The van der Waals surface area contributed by atoms with Gasteiger partial charge in [0.05, 0.1) is 24.9 Å². The Morgan fingerprint density at radius 2 is 2.04 bits per heavy atom. The van der Waals surface area contributed by atoms with E-state index in [-0.39, 0.29) is 6.10 Å². The highest BCUT2D eigenvalue weighted by Gasteiger charge is 2.41. The molecule has 0 radical (unpaired) electrons. The van der Waals surface area contributed by atoms with Gasteiger partial charge >= 0.3 is 5.97 Å². The second kappa shape index (κ2) is 10.3. The summed E-state index contributed by atoms with van der Waals surface area (Å²) in [6, 6.07) is 10.1. The van der Waals surface area contributed by atoms with Crippen LogP contribution < -0.4 is 5.73 Å². The molecule has 8 heteroatoms. The minimum absolute atomic E-state index is 0.220. The summed E-state index contributed by atoms with van der Waals surface area (Å²) in [5.74, 6) is -0.439. The number of nitrogens with two attached hydrogens (primary N) is 1. The minimum Gasteiger partial charge on any atom is -0.453 e. The van der Waals surface area contributed by atoms with Crippen LogP contribution in [0.1, 0.15) is 16.8 Å². The van der Waals surface area contributed by atoms with E-state index in [9.17, 15) is 4.79 Å². The maximum absolute atomic E-state index is 12.5. The second-order valence-electron chi connectivity index (χ2n) is 6.24. The van der Waals surface area contributed by atoms with E-state index in [1.165, 1.54) is 11.8 Å². The zero-order valence-corrected chi connectivity index (χ0v) is 16.2. The fourth-order valence-electron chi connectivity index (χ4n) is 2.81. The van der Waals surface area contributed by atoms with Gasteiger partial charge in [0, 0.05) is 18.4 Å². The summed E-state index contributed by atoms with van der Waals surface area (Å²) < 4.78 is 17.4. The van der Waals surface area contributed by atoms with Gasteiger partial charge in [-0.2, -0.15) is 0 Å². The molecule has 0 bridgehead atoms. The second-order valence-corrected chi connectivity index (χ2v) is 7.30. The first kappa shape index (κ1) is 20.5. The van der Waals surface area contributed by atoms with Gasteiger partial charge in [0.1, 0.15) is 5.44 Å².